The summed E-state index contributed by atoms with van der Waals surface area (Å²) in [5.74, 6) is -1.08. The molecule has 1 aromatic carbocycles. The third-order valence-corrected chi connectivity index (χ3v) is 2.92. The van der Waals surface area contributed by atoms with Crippen molar-refractivity contribution in [3.05, 3.63) is 38.4 Å². The number of aliphatic carboxylic acids is 1. The standard InChI is InChI=1S/C9H7BrClNO4/c10-4-6-5(3-9(13)14)7(11)1-2-8(6)12(15)16/h1-2H,3-4H2,(H,13,14). The van der Waals surface area contributed by atoms with Gasteiger partial charge in [-0.25, -0.2) is 0 Å². The Labute approximate surface area is 104 Å². The van der Waals surface area contributed by atoms with Crippen molar-refractivity contribution in [3.8, 4) is 0 Å². The minimum absolute atomic E-state index is 0.127. The van der Waals surface area contributed by atoms with E-state index in [1.165, 1.54) is 12.1 Å². The first kappa shape index (κ1) is 12.9. The highest BCUT2D eigenvalue weighted by Gasteiger charge is 2.20. The molecule has 1 rings (SSSR count). The number of hydrogen-bond donors (Lipinski definition) is 1. The summed E-state index contributed by atoms with van der Waals surface area (Å²) in [5.41, 5.74) is 0.456. The minimum Gasteiger partial charge on any atom is -0.481 e. The fourth-order valence-corrected chi connectivity index (χ4v) is 2.18. The van der Waals surface area contributed by atoms with Crippen molar-refractivity contribution in [3.63, 3.8) is 0 Å². The molecule has 0 aliphatic rings. The first-order valence-corrected chi connectivity index (χ1v) is 5.69. The Hall–Kier alpha value is -1.14. The summed E-state index contributed by atoms with van der Waals surface area (Å²) in [4.78, 5) is 20.8. The van der Waals surface area contributed by atoms with Gasteiger partial charge in [-0.05, 0) is 11.6 Å². The summed E-state index contributed by atoms with van der Waals surface area (Å²) in [5, 5.41) is 19.8. The van der Waals surface area contributed by atoms with E-state index < -0.39 is 10.9 Å². The van der Waals surface area contributed by atoms with E-state index in [9.17, 15) is 14.9 Å². The van der Waals surface area contributed by atoms with Crippen LogP contribution in [0.5, 0.6) is 0 Å². The first-order valence-electron chi connectivity index (χ1n) is 4.19. The van der Waals surface area contributed by atoms with Crippen LogP contribution in [0.4, 0.5) is 5.69 Å². The lowest BCUT2D eigenvalue weighted by molar-refractivity contribution is -0.385. The van der Waals surface area contributed by atoms with Crippen molar-refractivity contribution < 1.29 is 14.8 Å². The van der Waals surface area contributed by atoms with E-state index in [1.54, 1.807) is 0 Å². The molecule has 0 saturated carbocycles. The van der Waals surface area contributed by atoms with E-state index in [1.807, 2.05) is 0 Å². The largest absolute Gasteiger partial charge is 0.481 e. The quantitative estimate of drug-likeness (QED) is 0.527. The Morgan fingerprint density at radius 1 is 1.50 bits per heavy atom. The molecule has 0 aliphatic carbocycles. The molecule has 1 aromatic rings. The van der Waals surface area contributed by atoms with E-state index in [0.717, 1.165) is 0 Å². The summed E-state index contributed by atoms with van der Waals surface area (Å²) in [6.07, 6.45) is -0.332. The van der Waals surface area contributed by atoms with Gasteiger partial charge in [-0.2, -0.15) is 0 Å². The van der Waals surface area contributed by atoms with E-state index in [4.69, 9.17) is 16.7 Å². The zero-order valence-corrected chi connectivity index (χ0v) is 10.3. The lowest BCUT2D eigenvalue weighted by Gasteiger charge is -2.07. The molecule has 0 amide bonds. The van der Waals surface area contributed by atoms with Gasteiger partial charge in [-0.15, -0.1) is 0 Å². The maximum absolute atomic E-state index is 10.7. The lowest BCUT2D eigenvalue weighted by atomic mass is 10.0. The van der Waals surface area contributed by atoms with Crippen molar-refractivity contribution in [2.24, 2.45) is 0 Å². The van der Waals surface area contributed by atoms with Crippen LogP contribution in [0.15, 0.2) is 12.1 Å². The zero-order valence-electron chi connectivity index (χ0n) is 7.94. The van der Waals surface area contributed by atoms with Gasteiger partial charge in [0.15, 0.2) is 0 Å². The molecule has 16 heavy (non-hydrogen) atoms. The summed E-state index contributed by atoms with van der Waals surface area (Å²) in [7, 11) is 0. The Balaban J connectivity index is 3.37. The average molecular weight is 309 g/mol. The van der Waals surface area contributed by atoms with E-state index in [-0.39, 0.29) is 28.0 Å². The number of carboxylic acids is 1. The zero-order chi connectivity index (χ0) is 12.3. The SMILES string of the molecule is O=C(O)Cc1c(Cl)ccc([N+](=O)[O-])c1CBr. The van der Waals surface area contributed by atoms with Crippen LogP contribution in [0.2, 0.25) is 5.02 Å². The molecular weight excluding hydrogens is 301 g/mol. The number of benzene rings is 1. The van der Waals surface area contributed by atoms with Gasteiger partial charge >= 0.3 is 5.97 Å². The van der Waals surface area contributed by atoms with Crippen LogP contribution >= 0.6 is 27.5 Å². The normalized spacial score (nSPS) is 10.1. The number of carboxylic acid groups (broad SMARTS) is 1. The van der Waals surface area contributed by atoms with Gasteiger partial charge in [0, 0.05) is 22.0 Å². The van der Waals surface area contributed by atoms with Gasteiger partial charge in [-0.1, -0.05) is 27.5 Å². The number of carbonyl (C=O) groups is 1. The highest BCUT2D eigenvalue weighted by molar-refractivity contribution is 9.08. The van der Waals surface area contributed by atoms with Crippen molar-refractivity contribution in [2.75, 3.05) is 0 Å². The Morgan fingerprint density at radius 2 is 2.12 bits per heavy atom. The van der Waals surface area contributed by atoms with Crippen molar-refractivity contribution >= 4 is 39.2 Å². The van der Waals surface area contributed by atoms with Crippen molar-refractivity contribution in [2.45, 2.75) is 11.8 Å². The van der Waals surface area contributed by atoms with Crippen LogP contribution in [0.3, 0.4) is 0 Å². The van der Waals surface area contributed by atoms with Gasteiger partial charge in [0.1, 0.15) is 0 Å². The van der Waals surface area contributed by atoms with Crippen LogP contribution in [-0.2, 0) is 16.5 Å². The number of nitrogens with zero attached hydrogens (tertiary/aromatic N) is 1. The number of hydrogen-bond acceptors (Lipinski definition) is 3. The molecule has 0 fully saturated rings. The van der Waals surface area contributed by atoms with E-state index in [0.29, 0.717) is 5.56 Å². The fraction of sp³-hybridized carbons (Fsp3) is 0.222. The Kier molecular flexibility index (Phi) is 4.26. The van der Waals surface area contributed by atoms with Crippen LogP contribution in [0, 0.1) is 10.1 Å². The topological polar surface area (TPSA) is 80.4 Å². The number of nitro benzene ring substituents is 1. The van der Waals surface area contributed by atoms with Gasteiger partial charge in [-0.3, -0.25) is 14.9 Å². The van der Waals surface area contributed by atoms with Crippen LogP contribution in [0.1, 0.15) is 11.1 Å². The molecule has 0 unspecified atom stereocenters. The smallest absolute Gasteiger partial charge is 0.307 e. The first-order chi connectivity index (χ1) is 7.47. The predicted octanol–water partition coefficient (Wildman–Crippen LogP) is 2.77. The third-order valence-electron chi connectivity index (χ3n) is 2.01. The second-order valence-corrected chi connectivity index (χ2v) is 3.95. The van der Waals surface area contributed by atoms with E-state index in [2.05, 4.69) is 15.9 Å². The van der Waals surface area contributed by atoms with Gasteiger partial charge in [0.05, 0.1) is 11.3 Å². The molecule has 86 valence electrons. The van der Waals surface area contributed by atoms with Gasteiger partial charge in [0.25, 0.3) is 5.69 Å². The highest BCUT2D eigenvalue weighted by Crippen LogP contribution is 2.30. The second-order valence-electron chi connectivity index (χ2n) is 2.98. The number of nitro groups is 1. The molecule has 0 saturated heterocycles. The molecule has 0 aromatic heterocycles. The average Bonchev–Trinajstić information content (AvgIpc) is 2.19. The molecule has 0 spiro atoms. The fourth-order valence-electron chi connectivity index (χ4n) is 1.31. The summed E-state index contributed by atoms with van der Waals surface area (Å²) >= 11 is 8.92. The number of rotatable bonds is 4. The molecule has 0 heterocycles. The Morgan fingerprint density at radius 3 is 2.56 bits per heavy atom. The lowest BCUT2D eigenvalue weighted by Crippen LogP contribution is -2.06. The van der Waals surface area contributed by atoms with Gasteiger partial charge < -0.3 is 5.11 Å². The minimum atomic E-state index is -1.08. The molecule has 5 nitrogen and oxygen atoms in total. The van der Waals surface area contributed by atoms with E-state index >= 15 is 0 Å². The van der Waals surface area contributed by atoms with Gasteiger partial charge in [0.2, 0.25) is 0 Å². The summed E-state index contributed by atoms with van der Waals surface area (Å²) < 4.78 is 0. The molecule has 0 radical (unpaired) electrons. The highest BCUT2D eigenvalue weighted by atomic mass is 79.9. The maximum Gasteiger partial charge on any atom is 0.307 e. The van der Waals surface area contributed by atoms with Crippen LogP contribution in [0.25, 0.3) is 0 Å². The number of alkyl halides is 1. The maximum atomic E-state index is 10.7. The summed E-state index contributed by atoms with van der Waals surface area (Å²) in [6, 6.07) is 2.61. The van der Waals surface area contributed by atoms with Crippen molar-refractivity contribution in [1.29, 1.82) is 0 Å². The van der Waals surface area contributed by atoms with Crippen LogP contribution in [-0.4, -0.2) is 16.0 Å². The molecule has 0 bridgehead atoms. The monoisotopic (exact) mass is 307 g/mol. The molecular formula is C9H7BrClNO4. The van der Waals surface area contributed by atoms with Crippen LogP contribution < -0.4 is 0 Å². The molecule has 1 N–H and O–H groups in total. The Bertz CT molecular complexity index is 449. The number of halogens is 2. The summed E-state index contributed by atoms with van der Waals surface area (Å²) in [6.45, 7) is 0. The molecule has 0 aliphatic heterocycles. The molecule has 7 heteroatoms. The third kappa shape index (κ3) is 2.70. The molecule has 0 atom stereocenters. The van der Waals surface area contributed by atoms with Crippen molar-refractivity contribution in [1.82, 2.24) is 0 Å². The second kappa shape index (κ2) is 5.27. The predicted molar refractivity (Wildman–Crippen MR) is 62.1 cm³/mol.